The molecule has 4 nitrogen and oxygen atoms in total. The van der Waals surface area contributed by atoms with Crippen LogP contribution in [0.2, 0.25) is 0 Å². The van der Waals surface area contributed by atoms with E-state index in [2.05, 4.69) is 5.32 Å². The summed E-state index contributed by atoms with van der Waals surface area (Å²) in [6.07, 6.45) is 0. The normalized spacial score (nSPS) is 12.9. The SMILES string of the molecule is C[C@@H](NC(=O)C(C)(C)c1ccccc1)C(=O)O. The molecule has 0 saturated heterocycles. The number of nitrogens with one attached hydrogen (secondary N) is 1. The predicted octanol–water partition coefficient (Wildman–Crippen LogP) is 1.55. The third-order valence-corrected chi connectivity index (χ3v) is 2.78. The van der Waals surface area contributed by atoms with Gasteiger partial charge in [0.2, 0.25) is 5.91 Å². The van der Waals surface area contributed by atoms with Crippen molar-refractivity contribution in [2.45, 2.75) is 32.2 Å². The number of hydrogen-bond donors (Lipinski definition) is 2. The fraction of sp³-hybridized carbons (Fsp3) is 0.385. The van der Waals surface area contributed by atoms with Gasteiger partial charge in [-0.05, 0) is 26.3 Å². The number of rotatable bonds is 4. The summed E-state index contributed by atoms with van der Waals surface area (Å²) in [5, 5.41) is 11.2. The summed E-state index contributed by atoms with van der Waals surface area (Å²) in [5.41, 5.74) is 0.111. The summed E-state index contributed by atoms with van der Waals surface area (Å²) < 4.78 is 0. The fourth-order valence-corrected chi connectivity index (χ4v) is 1.42. The molecule has 0 bridgehead atoms. The Kier molecular flexibility index (Phi) is 3.89. The third-order valence-electron chi connectivity index (χ3n) is 2.78. The molecule has 0 spiro atoms. The van der Waals surface area contributed by atoms with E-state index < -0.39 is 17.4 Å². The van der Waals surface area contributed by atoms with E-state index in [1.165, 1.54) is 6.92 Å². The highest BCUT2D eigenvalue weighted by Gasteiger charge is 2.31. The lowest BCUT2D eigenvalue weighted by molar-refractivity contribution is -0.142. The van der Waals surface area contributed by atoms with Gasteiger partial charge in [0.05, 0.1) is 5.41 Å². The van der Waals surface area contributed by atoms with E-state index in [9.17, 15) is 9.59 Å². The Morgan fingerprint density at radius 2 is 1.76 bits per heavy atom. The van der Waals surface area contributed by atoms with Gasteiger partial charge in [-0.3, -0.25) is 9.59 Å². The topological polar surface area (TPSA) is 66.4 Å². The number of carboxylic acids is 1. The van der Waals surface area contributed by atoms with Crippen molar-refractivity contribution in [3.05, 3.63) is 35.9 Å². The number of hydrogen-bond acceptors (Lipinski definition) is 2. The lowest BCUT2D eigenvalue weighted by Crippen LogP contribution is -2.46. The number of amides is 1. The van der Waals surface area contributed by atoms with Crippen LogP contribution in [0.25, 0.3) is 0 Å². The minimum atomic E-state index is -1.04. The minimum absolute atomic E-state index is 0.293. The summed E-state index contributed by atoms with van der Waals surface area (Å²) in [5.74, 6) is -1.33. The van der Waals surface area contributed by atoms with Crippen LogP contribution >= 0.6 is 0 Å². The maximum absolute atomic E-state index is 12.0. The zero-order valence-corrected chi connectivity index (χ0v) is 10.2. The van der Waals surface area contributed by atoms with Gasteiger partial charge in [-0.1, -0.05) is 30.3 Å². The van der Waals surface area contributed by atoms with Crippen LogP contribution in [0, 0.1) is 0 Å². The van der Waals surface area contributed by atoms with Gasteiger partial charge in [0.15, 0.2) is 0 Å². The molecular formula is C13H17NO3. The Morgan fingerprint density at radius 1 is 1.24 bits per heavy atom. The highest BCUT2D eigenvalue weighted by molar-refractivity contribution is 5.90. The molecule has 0 aliphatic rings. The van der Waals surface area contributed by atoms with Crippen LogP contribution in [-0.4, -0.2) is 23.0 Å². The summed E-state index contributed by atoms with van der Waals surface area (Å²) in [6.45, 7) is 4.99. The Bertz CT molecular complexity index is 412. The lowest BCUT2D eigenvalue weighted by Gasteiger charge is -2.25. The Balaban J connectivity index is 2.84. The second-order valence-corrected chi connectivity index (χ2v) is 4.52. The van der Waals surface area contributed by atoms with E-state index in [0.29, 0.717) is 0 Å². The van der Waals surface area contributed by atoms with Crippen molar-refractivity contribution >= 4 is 11.9 Å². The second kappa shape index (κ2) is 4.99. The van der Waals surface area contributed by atoms with Crippen molar-refractivity contribution < 1.29 is 14.7 Å². The largest absolute Gasteiger partial charge is 0.480 e. The van der Waals surface area contributed by atoms with Crippen LogP contribution in [0.3, 0.4) is 0 Å². The Labute approximate surface area is 101 Å². The zero-order valence-electron chi connectivity index (χ0n) is 10.2. The standard InChI is InChI=1S/C13H17NO3/c1-9(11(15)16)14-12(17)13(2,3)10-7-5-4-6-8-10/h4-9H,1-3H3,(H,14,17)(H,15,16)/t9-/m1/s1. The molecule has 1 atom stereocenters. The first-order valence-corrected chi connectivity index (χ1v) is 5.45. The van der Waals surface area contributed by atoms with Crippen LogP contribution in [0.15, 0.2) is 30.3 Å². The molecule has 0 fully saturated rings. The quantitative estimate of drug-likeness (QED) is 0.832. The molecule has 0 aromatic heterocycles. The zero-order chi connectivity index (χ0) is 13.1. The van der Waals surface area contributed by atoms with Crippen LogP contribution in [0.5, 0.6) is 0 Å². The first-order valence-electron chi connectivity index (χ1n) is 5.45. The highest BCUT2D eigenvalue weighted by Crippen LogP contribution is 2.23. The van der Waals surface area contributed by atoms with Crippen molar-refractivity contribution in [1.82, 2.24) is 5.32 Å². The molecule has 0 aliphatic carbocycles. The first-order chi connectivity index (χ1) is 7.85. The van der Waals surface area contributed by atoms with Crippen molar-refractivity contribution in [3.63, 3.8) is 0 Å². The molecule has 2 N–H and O–H groups in total. The third kappa shape index (κ3) is 3.06. The molecule has 0 radical (unpaired) electrons. The molecule has 1 aromatic rings. The van der Waals surface area contributed by atoms with Crippen LogP contribution in [0.1, 0.15) is 26.3 Å². The summed E-state index contributed by atoms with van der Waals surface area (Å²) in [6, 6.07) is 8.40. The maximum atomic E-state index is 12.0. The molecule has 4 heteroatoms. The maximum Gasteiger partial charge on any atom is 0.325 e. The van der Waals surface area contributed by atoms with Gasteiger partial charge in [-0.15, -0.1) is 0 Å². The molecule has 17 heavy (non-hydrogen) atoms. The molecule has 0 saturated carbocycles. The van der Waals surface area contributed by atoms with Gasteiger partial charge < -0.3 is 10.4 Å². The summed E-state index contributed by atoms with van der Waals surface area (Å²) in [4.78, 5) is 22.7. The average molecular weight is 235 g/mol. The van der Waals surface area contributed by atoms with Crippen LogP contribution in [0.4, 0.5) is 0 Å². The monoisotopic (exact) mass is 235 g/mol. The number of carbonyl (C=O) groups is 2. The van der Waals surface area contributed by atoms with E-state index in [-0.39, 0.29) is 5.91 Å². The molecular weight excluding hydrogens is 218 g/mol. The van der Waals surface area contributed by atoms with E-state index >= 15 is 0 Å². The van der Waals surface area contributed by atoms with Gasteiger partial charge in [0.25, 0.3) is 0 Å². The van der Waals surface area contributed by atoms with Gasteiger partial charge in [-0.2, -0.15) is 0 Å². The van der Waals surface area contributed by atoms with Gasteiger partial charge in [0.1, 0.15) is 6.04 Å². The van der Waals surface area contributed by atoms with Crippen molar-refractivity contribution in [1.29, 1.82) is 0 Å². The Morgan fingerprint density at radius 3 is 2.24 bits per heavy atom. The minimum Gasteiger partial charge on any atom is -0.480 e. The fourth-order valence-electron chi connectivity index (χ4n) is 1.42. The van der Waals surface area contributed by atoms with E-state index in [1.807, 2.05) is 30.3 Å². The molecule has 0 unspecified atom stereocenters. The highest BCUT2D eigenvalue weighted by atomic mass is 16.4. The van der Waals surface area contributed by atoms with Crippen molar-refractivity contribution in [2.24, 2.45) is 0 Å². The van der Waals surface area contributed by atoms with Crippen molar-refractivity contribution in [2.75, 3.05) is 0 Å². The second-order valence-electron chi connectivity index (χ2n) is 4.52. The Hall–Kier alpha value is -1.84. The number of benzene rings is 1. The van der Waals surface area contributed by atoms with Crippen molar-refractivity contribution in [3.8, 4) is 0 Å². The average Bonchev–Trinajstić information content (AvgIpc) is 2.29. The molecule has 0 heterocycles. The number of aliphatic carboxylic acids is 1. The van der Waals surface area contributed by atoms with Gasteiger partial charge in [-0.25, -0.2) is 0 Å². The summed E-state index contributed by atoms with van der Waals surface area (Å²) in [7, 11) is 0. The van der Waals surface area contributed by atoms with E-state index in [0.717, 1.165) is 5.56 Å². The molecule has 0 aliphatic heterocycles. The predicted molar refractivity (Wildman–Crippen MR) is 64.7 cm³/mol. The molecule has 1 rings (SSSR count). The number of carboxylic acid groups (broad SMARTS) is 1. The summed E-state index contributed by atoms with van der Waals surface area (Å²) >= 11 is 0. The molecule has 1 amide bonds. The first kappa shape index (κ1) is 13.2. The van der Waals surface area contributed by atoms with E-state index in [1.54, 1.807) is 13.8 Å². The van der Waals surface area contributed by atoms with Gasteiger partial charge >= 0.3 is 5.97 Å². The van der Waals surface area contributed by atoms with Crippen LogP contribution < -0.4 is 5.32 Å². The van der Waals surface area contributed by atoms with E-state index in [4.69, 9.17) is 5.11 Å². The van der Waals surface area contributed by atoms with Gasteiger partial charge in [0, 0.05) is 0 Å². The number of carbonyl (C=O) groups excluding carboxylic acids is 1. The van der Waals surface area contributed by atoms with Crippen LogP contribution in [-0.2, 0) is 15.0 Å². The smallest absolute Gasteiger partial charge is 0.325 e. The molecule has 1 aromatic carbocycles. The lowest BCUT2D eigenvalue weighted by atomic mass is 9.83. The molecule has 92 valence electrons.